The lowest BCUT2D eigenvalue weighted by molar-refractivity contribution is -0.155. The monoisotopic (exact) mass is 268 g/mol. The first-order valence-corrected chi connectivity index (χ1v) is 6.10. The molecule has 0 N–H and O–H groups in total. The van der Waals surface area contributed by atoms with Crippen molar-refractivity contribution < 1.29 is 19.1 Å². The van der Waals surface area contributed by atoms with Gasteiger partial charge in [0.2, 0.25) is 0 Å². The van der Waals surface area contributed by atoms with Crippen LogP contribution in [0.3, 0.4) is 0 Å². The van der Waals surface area contributed by atoms with Crippen LogP contribution in [-0.2, 0) is 19.1 Å². The molecule has 0 amide bonds. The van der Waals surface area contributed by atoms with Crippen molar-refractivity contribution >= 4 is 23.5 Å². The fourth-order valence-electron chi connectivity index (χ4n) is 2.04. The molecule has 4 nitrogen and oxygen atoms in total. The Morgan fingerprint density at radius 3 is 3.00 bits per heavy atom. The normalized spacial score (nSPS) is 22.7. The van der Waals surface area contributed by atoms with Gasteiger partial charge in [0, 0.05) is 10.9 Å². The standard InChI is InChI=1S/C13H13ClO4/c1-2-17-12(15)11-10(7-18-13(11)16)8-4-3-5-9(14)6-8/h3-6,10-11H,2,7H2,1H3/t10-,11+/m0/s1. The Kier molecular flexibility index (Phi) is 3.87. The summed E-state index contributed by atoms with van der Waals surface area (Å²) in [5.74, 6) is -2.28. The summed E-state index contributed by atoms with van der Waals surface area (Å²) >= 11 is 5.91. The van der Waals surface area contributed by atoms with Gasteiger partial charge in [-0.3, -0.25) is 9.59 Å². The van der Waals surface area contributed by atoms with Crippen LogP contribution in [0.1, 0.15) is 18.4 Å². The predicted molar refractivity (Wildman–Crippen MR) is 65.3 cm³/mol. The Morgan fingerprint density at radius 1 is 1.56 bits per heavy atom. The number of esters is 2. The van der Waals surface area contributed by atoms with Crippen molar-refractivity contribution in [2.24, 2.45) is 5.92 Å². The van der Waals surface area contributed by atoms with Crippen molar-refractivity contribution in [3.63, 3.8) is 0 Å². The second-order valence-electron chi connectivity index (χ2n) is 4.02. The van der Waals surface area contributed by atoms with Crippen molar-refractivity contribution in [1.29, 1.82) is 0 Å². The van der Waals surface area contributed by atoms with Gasteiger partial charge in [-0.1, -0.05) is 23.7 Å². The predicted octanol–water partition coefficient (Wildman–Crippen LogP) is 2.16. The quantitative estimate of drug-likeness (QED) is 0.623. The van der Waals surface area contributed by atoms with Gasteiger partial charge in [0.25, 0.3) is 0 Å². The van der Waals surface area contributed by atoms with Gasteiger partial charge in [0.1, 0.15) is 0 Å². The first-order chi connectivity index (χ1) is 8.63. The molecule has 1 fully saturated rings. The minimum absolute atomic E-state index is 0.183. The van der Waals surface area contributed by atoms with E-state index in [0.29, 0.717) is 5.02 Å². The third-order valence-electron chi connectivity index (χ3n) is 2.88. The maximum atomic E-state index is 11.8. The molecule has 0 aromatic heterocycles. The highest BCUT2D eigenvalue weighted by Gasteiger charge is 2.44. The van der Waals surface area contributed by atoms with E-state index in [4.69, 9.17) is 21.1 Å². The number of carbonyl (C=O) groups is 2. The number of hydrogen-bond acceptors (Lipinski definition) is 4. The molecular weight excluding hydrogens is 256 g/mol. The Bertz CT molecular complexity index is 472. The zero-order valence-corrected chi connectivity index (χ0v) is 10.6. The Labute approximate surface area is 110 Å². The van der Waals surface area contributed by atoms with Gasteiger partial charge in [-0.05, 0) is 24.6 Å². The lowest BCUT2D eigenvalue weighted by Gasteiger charge is -2.14. The van der Waals surface area contributed by atoms with Gasteiger partial charge in [0.05, 0.1) is 13.2 Å². The average molecular weight is 269 g/mol. The number of benzene rings is 1. The zero-order chi connectivity index (χ0) is 13.1. The highest BCUT2D eigenvalue weighted by atomic mass is 35.5. The van der Waals surface area contributed by atoms with Crippen LogP contribution in [0.4, 0.5) is 0 Å². The minimum atomic E-state index is -0.886. The van der Waals surface area contributed by atoms with Crippen LogP contribution >= 0.6 is 11.6 Å². The van der Waals surface area contributed by atoms with Gasteiger partial charge in [-0.25, -0.2) is 0 Å². The molecule has 1 aromatic carbocycles. The second kappa shape index (κ2) is 5.40. The molecule has 1 aromatic rings. The molecule has 1 aliphatic rings. The molecular formula is C13H13ClO4. The van der Waals surface area contributed by atoms with Gasteiger partial charge in [0.15, 0.2) is 5.92 Å². The van der Waals surface area contributed by atoms with Crippen LogP contribution in [0.2, 0.25) is 5.02 Å². The van der Waals surface area contributed by atoms with E-state index < -0.39 is 17.9 Å². The second-order valence-corrected chi connectivity index (χ2v) is 4.46. The van der Waals surface area contributed by atoms with Gasteiger partial charge >= 0.3 is 11.9 Å². The van der Waals surface area contributed by atoms with Crippen LogP contribution in [-0.4, -0.2) is 25.2 Å². The average Bonchev–Trinajstić information content (AvgIpc) is 2.71. The van der Waals surface area contributed by atoms with E-state index in [1.807, 2.05) is 6.07 Å². The largest absolute Gasteiger partial charge is 0.465 e. The van der Waals surface area contributed by atoms with E-state index in [1.54, 1.807) is 25.1 Å². The minimum Gasteiger partial charge on any atom is -0.465 e. The maximum Gasteiger partial charge on any atom is 0.321 e. The van der Waals surface area contributed by atoms with Crippen molar-refractivity contribution in [3.05, 3.63) is 34.9 Å². The highest BCUT2D eigenvalue weighted by molar-refractivity contribution is 6.30. The van der Waals surface area contributed by atoms with Crippen molar-refractivity contribution in [1.82, 2.24) is 0 Å². The lowest BCUT2D eigenvalue weighted by atomic mass is 9.88. The molecule has 2 atom stereocenters. The summed E-state index contributed by atoms with van der Waals surface area (Å²) in [4.78, 5) is 23.4. The first-order valence-electron chi connectivity index (χ1n) is 5.72. The Balaban J connectivity index is 2.26. The number of hydrogen-bond donors (Lipinski definition) is 0. The third kappa shape index (κ3) is 2.48. The van der Waals surface area contributed by atoms with Crippen LogP contribution in [0, 0.1) is 5.92 Å². The van der Waals surface area contributed by atoms with Gasteiger partial charge in [-0.2, -0.15) is 0 Å². The fourth-order valence-corrected chi connectivity index (χ4v) is 2.24. The van der Waals surface area contributed by atoms with E-state index in [9.17, 15) is 9.59 Å². The van der Waals surface area contributed by atoms with Crippen LogP contribution in [0.15, 0.2) is 24.3 Å². The van der Waals surface area contributed by atoms with E-state index >= 15 is 0 Å². The van der Waals surface area contributed by atoms with E-state index in [2.05, 4.69) is 0 Å². The van der Waals surface area contributed by atoms with E-state index in [0.717, 1.165) is 5.56 Å². The van der Waals surface area contributed by atoms with E-state index in [1.165, 1.54) is 0 Å². The number of carbonyl (C=O) groups excluding carboxylic acids is 2. The molecule has 0 aliphatic carbocycles. The van der Waals surface area contributed by atoms with Crippen LogP contribution < -0.4 is 0 Å². The molecule has 2 rings (SSSR count). The number of halogens is 1. The summed E-state index contributed by atoms with van der Waals surface area (Å²) in [6.07, 6.45) is 0. The molecule has 18 heavy (non-hydrogen) atoms. The van der Waals surface area contributed by atoms with Crippen LogP contribution in [0.5, 0.6) is 0 Å². The lowest BCUT2D eigenvalue weighted by Crippen LogP contribution is -2.26. The topological polar surface area (TPSA) is 52.6 Å². The molecule has 0 saturated carbocycles. The molecule has 96 valence electrons. The highest BCUT2D eigenvalue weighted by Crippen LogP contribution is 2.33. The van der Waals surface area contributed by atoms with E-state index in [-0.39, 0.29) is 19.1 Å². The fraction of sp³-hybridized carbons (Fsp3) is 0.385. The summed E-state index contributed by atoms with van der Waals surface area (Å²) in [5, 5.41) is 0.564. The number of ether oxygens (including phenoxy) is 2. The molecule has 0 bridgehead atoms. The summed E-state index contributed by atoms with van der Waals surface area (Å²) in [7, 11) is 0. The summed E-state index contributed by atoms with van der Waals surface area (Å²) in [6, 6.07) is 7.08. The molecule has 1 aliphatic heterocycles. The van der Waals surface area contributed by atoms with Crippen molar-refractivity contribution in [2.45, 2.75) is 12.8 Å². The van der Waals surface area contributed by atoms with Gasteiger partial charge < -0.3 is 9.47 Å². The summed E-state index contributed by atoms with van der Waals surface area (Å²) in [5.41, 5.74) is 0.811. The molecule has 0 unspecified atom stereocenters. The smallest absolute Gasteiger partial charge is 0.321 e. The molecule has 1 saturated heterocycles. The molecule has 0 radical (unpaired) electrons. The Morgan fingerprint density at radius 2 is 2.33 bits per heavy atom. The summed E-state index contributed by atoms with van der Waals surface area (Å²) < 4.78 is 9.86. The van der Waals surface area contributed by atoms with Crippen molar-refractivity contribution in [2.75, 3.05) is 13.2 Å². The zero-order valence-electron chi connectivity index (χ0n) is 9.89. The first kappa shape index (κ1) is 12.9. The third-order valence-corrected chi connectivity index (χ3v) is 3.11. The SMILES string of the molecule is CCOC(=O)[C@@H]1C(=O)OC[C@H]1c1cccc(Cl)c1. The van der Waals surface area contributed by atoms with Gasteiger partial charge in [-0.15, -0.1) is 0 Å². The number of rotatable bonds is 3. The Hall–Kier alpha value is -1.55. The summed E-state index contributed by atoms with van der Waals surface area (Å²) in [6.45, 7) is 2.13. The van der Waals surface area contributed by atoms with Crippen molar-refractivity contribution in [3.8, 4) is 0 Å². The molecule has 5 heteroatoms. The van der Waals surface area contributed by atoms with Crippen LogP contribution in [0.25, 0.3) is 0 Å². The maximum absolute atomic E-state index is 11.8. The molecule has 1 heterocycles. The number of cyclic esters (lactones) is 1. The molecule has 0 spiro atoms.